The number of thioether (sulfide) groups is 1. The molecule has 0 aromatic heterocycles. The third kappa shape index (κ3) is 4.90. The molecule has 1 saturated heterocycles. The van der Waals surface area contributed by atoms with Crippen LogP contribution in [0, 0.1) is 5.92 Å². The minimum Gasteiger partial charge on any atom is -0.497 e. The standard InChI is InChI=1S/C22H25N5O5S/c1-30-14-6-4-13(5-7-14)27-21(29)16-11-23-26-20(16)25-22(27)33-12-19(28)24-17-9-8-15(31-2)10-18(17)32-3/h4-10,16,20,23,26H,11-12H2,1-3H3,(H,24,28). The van der Waals surface area contributed by atoms with Crippen molar-refractivity contribution in [3.8, 4) is 17.2 Å². The van der Waals surface area contributed by atoms with Crippen molar-refractivity contribution in [2.45, 2.75) is 6.17 Å². The molecule has 2 aliphatic heterocycles. The van der Waals surface area contributed by atoms with Gasteiger partial charge in [-0.2, -0.15) is 0 Å². The van der Waals surface area contributed by atoms with Crippen molar-refractivity contribution in [3.63, 3.8) is 0 Å². The molecule has 1 fully saturated rings. The Morgan fingerprint density at radius 1 is 1.12 bits per heavy atom. The van der Waals surface area contributed by atoms with Crippen LogP contribution in [0.4, 0.5) is 11.4 Å². The molecule has 0 aliphatic carbocycles. The maximum Gasteiger partial charge on any atom is 0.241 e. The second-order valence-electron chi connectivity index (χ2n) is 7.26. The first-order valence-electron chi connectivity index (χ1n) is 10.2. The fraction of sp³-hybridized carbons (Fsp3) is 0.318. The largest absolute Gasteiger partial charge is 0.497 e. The molecular formula is C22H25N5O5S. The smallest absolute Gasteiger partial charge is 0.241 e. The molecule has 0 radical (unpaired) electrons. The SMILES string of the molecule is COc1ccc(N2C(=O)C3CNNC3N=C2SCC(=O)Nc2ccc(OC)cc2OC)cc1. The quantitative estimate of drug-likeness (QED) is 0.561. The number of benzene rings is 2. The summed E-state index contributed by atoms with van der Waals surface area (Å²) in [6.07, 6.45) is -0.376. The van der Waals surface area contributed by atoms with Gasteiger partial charge in [-0.1, -0.05) is 11.8 Å². The molecule has 11 heteroatoms. The number of carbonyl (C=O) groups excluding carboxylic acids is 2. The first-order valence-corrected chi connectivity index (χ1v) is 11.2. The minimum absolute atomic E-state index is 0.0543. The Bertz CT molecular complexity index is 1060. The third-order valence-corrected chi connectivity index (χ3v) is 6.23. The molecule has 0 spiro atoms. The van der Waals surface area contributed by atoms with Gasteiger partial charge in [0.15, 0.2) is 5.17 Å². The number of rotatable bonds is 7. The van der Waals surface area contributed by atoms with Gasteiger partial charge in [0, 0.05) is 12.6 Å². The summed E-state index contributed by atoms with van der Waals surface area (Å²) >= 11 is 1.19. The van der Waals surface area contributed by atoms with E-state index in [-0.39, 0.29) is 29.7 Å². The van der Waals surface area contributed by atoms with Gasteiger partial charge in [0.1, 0.15) is 23.4 Å². The Labute approximate surface area is 195 Å². The molecule has 0 bridgehead atoms. The maximum absolute atomic E-state index is 13.2. The summed E-state index contributed by atoms with van der Waals surface area (Å²) in [6.45, 7) is 0.481. The highest BCUT2D eigenvalue weighted by Gasteiger charge is 2.42. The number of aliphatic imine (C=N–C) groups is 1. The van der Waals surface area contributed by atoms with Gasteiger partial charge in [-0.25, -0.2) is 10.4 Å². The molecule has 10 nitrogen and oxygen atoms in total. The summed E-state index contributed by atoms with van der Waals surface area (Å²) in [5.74, 6) is 1.18. The second-order valence-corrected chi connectivity index (χ2v) is 8.21. The fourth-order valence-electron chi connectivity index (χ4n) is 3.56. The second kappa shape index (κ2) is 10.1. The van der Waals surface area contributed by atoms with Crippen LogP contribution in [0.2, 0.25) is 0 Å². The van der Waals surface area contributed by atoms with E-state index in [1.54, 1.807) is 61.6 Å². The lowest BCUT2D eigenvalue weighted by molar-refractivity contribution is -0.121. The van der Waals surface area contributed by atoms with Crippen LogP contribution in [0.1, 0.15) is 0 Å². The Hall–Kier alpha value is -3.28. The van der Waals surface area contributed by atoms with Crippen LogP contribution in [0.3, 0.4) is 0 Å². The van der Waals surface area contributed by atoms with Gasteiger partial charge >= 0.3 is 0 Å². The van der Waals surface area contributed by atoms with Crippen LogP contribution >= 0.6 is 11.8 Å². The first kappa shape index (κ1) is 22.9. The minimum atomic E-state index is -0.376. The van der Waals surface area contributed by atoms with Crippen LogP contribution in [0.25, 0.3) is 0 Å². The average Bonchev–Trinajstić information content (AvgIpc) is 3.32. The number of hydrogen-bond donors (Lipinski definition) is 3. The topological polar surface area (TPSA) is 114 Å². The number of hydrogen-bond acceptors (Lipinski definition) is 9. The fourth-order valence-corrected chi connectivity index (χ4v) is 4.40. The molecular weight excluding hydrogens is 446 g/mol. The van der Waals surface area contributed by atoms with Crippen molar-refractivity contribution in [1.82, 2.24) is 10.9 Å². The lowest BCUT2D eigenvalue weighted by Crippen LogP contribution is -2.49. The monoisotopic (exact) mass is 471 g/mol. The number of methoxy groups -OCH3 is 3. The molecule has 2 aromatic carbocycles. The summed E-state index contributed by atoms with van der Waals surface area (Å²) in [7, 11) is 4.66. The number of amidine groups is 1. The number of anilines is 2. The van der Waals surface area contributed by atoms with E-state index in [0.29, 0.717) is 40.3 Å². The van der Waals surface area contributed by atoms with Crippen LogP contribution in [0.5, 0.6) is 17.2 Å². The summed E-state index contributed by atoms with van der Waals surface area (Å²) in [6, 6.07) is 12.3. The molecule has 2 unspecified atom stereocenters. The molecule has 2 heterocycles. The first-order chi connectivity index (χ1) is 16.0. The van der Waals surface area contributed by atoms with Crippen molar-refractivity contribution in [1.29, 1.82) is 0 Å². The Morgan fingerprint density at radius 3 is 2.55 bits per heavy atom. The Kier molecular flexibility index (Phi) is 7.02. The number of hydrazine groups is 1. The van der Waals surface area contributed by atoms with Gasteiger partial charge in [-0.05, 0) is 36.4 Å². The average molecular weight is 472 g/mol. The van der Waals surface area contributed by atoms with E-state index in [2.05, 4.69) is 21.2 Å². The Morgan fingerprint density at radius 2 is 1.85 bits per heavy atom. The zero-order valence-electron chi connectivity index (χ0n) is 18.5. The zero-order valence-corrected chi connectivity index (χ0v) is 19.3. The molecule has 33 heavy (non-hydrogen) atoms. The van der Waals surface area contributed by atoms with Crippen molar-refractivity contribution in [2.75, 3.05) is 43.8 Å². The van der Waals surface area contributed by atoms with Crippen LogP contribution in [-0.2, 0) is 9.59 Å². The molecule has 174 valence electrons. The summed E-state index contributed by atoms with van der Waals surface area (Å²) < 4.78 is 15.7. The van der Waals surface area contributed by atoms with Gasteiger partial charge in [0.05, 0.1) is 44.4 Å². The van der Waals surface area contributed by atoms with Crippen LogP contribution in [0.15, 0.2) is 47.5 Å². The van der Waals surface area contributed by atoms with Gasteiger partial charge < -0.3 is 19.5 Å². The summed E-state index contributed by atoms with van der Waals surface area (Å²) in [5, 5.41) is 3.28. The zero-order chi connectivity index (χ0) is 23.4. The molecule has 4 rings (SSSR count). The van der Waals surface area contributed by atoms with Gasteiger partial charge in [-0.3, -0.25) is 19.9 Å². The highest BCUT2D eigenvalue weighted by atomic mass is 32.2. The van der Waals surface area contributed by atoms with Gasteiger partial charge in [-0.15, -0.1) is 0 Å². The van der Waals surface area contributed by atoms with Gasteiger partial charge in [0.25, 0.3) is 0 Å². The molecule has 2 aromatic rings. The van der Waals surface area contributed by atoms with Crippen molar-refractivity contribution >= 4 is 40.1 Å². The molecule has 2 aliphatic rings. The number of nitrogens with zero attached hydrogens (tertiary/aromatic N) is 2. The normalized spacial score (nSPS) is 19.5. The van der Waals surface area contributed by atoms with Crippen molar-refractivity contribution in [2.24, 2.45) is 10.9 Å². The lowest BCUT2D eigenvalue weighted by atomic mass is 10.0. The van der Waals surface area contributed by atoms with Gasteiger partial charge in [0.2, 0.25) is 11.8 Å². The van der Waals surface area contributed by atoms with Crippen molar-refractivity contribution in [3.05, 3.63) is 42.5 Å². The van der Waals surface area contributed by atoms with Crippen LogP contribution in [-0.4, -0.2) is 56.8 Å². The predicted molar refractivity (Wildman–Crippen MR) is 127 cm³/mol. The van der Waals surface area contributed by atoms with Crippen molar-refractivity contribution < 1.29 is 23.8 Å². The van der Waals surface area contributed by atoms with E-state index < -0.39 is 0 Å². The number of carbonyl (C=O) groups is 2. The summed E-state index contributed by atoms with van der Waals surface area (Å²) in [4.78, 5) is 32.2. The highest BCUT2D eigenvalue weighted by Crippen LogP contribution is 2.31. The summed E-state index contributed by atoms with van der Waals surface area (Å²) in [5.41, 5.74) is 7.19. The van der Waals surface area contributed by atoms with E-state index in [4.69, 9.17) is 14.2 Å². The maximum atomic E-state index is 13.2. The number of ether oxygens (including phenoxy) is 3. The number of amides is 2. The number of fused-ring (bicyclic) bond motifs is 1. The third-order valence-electron chi connectivity index (χ3n) is 5.28. The van der Waals surface area contributed by atoms with E-state index >= 15 is 0 Å². The van der Waals surface area contributed by atoms with Crippen LogP contribution < -0.4 is 35.3 Å². The molecule has 2 atom stereocenters. The van der Waals surface area contributed by atoms with E-state index in [1.807, 2.05) is 0 Å². The Balaban J connectivity index is 1.50. The molecule has 2 amide bonds. The van der Waals surface area contributed by atoms with E-state index in [1.165, 1.54) is 18.9 Å². The number of nitrogens with one attached hydrogen (secondary N) is 3. The van der Waals surface area contributed by atoms with E-state index in [9.17, 15) is 9.59 Å². The highest BCUT2D eigenvalue weighted by molar-refractivity contribution is 8.14. The van der Waals surface area contributed by atoms with E-state index in [0.717, 1.165) is 0 Å². The molecule has 0 saturated carbocycles. The lowest BCUT2D eigenvalue weighted by Gasteiger charge is -2.32. The predicted octanol–water partition coefficient (Wildman–Crippen LogP) is 1.84. The molecule has 3 N–H and O–H groups in total.